The summed E-state index contributed by atoms with van der Waals surface area (Å²) in [5.74, 6) is -0.196. The van der Waals surface area contributed by atoms with Crippen molar-refractivity contribution in [1.82, 2.24) is 15.6 Å². The molecule has 3 rings (SSSR count). The van der Waals surface area contributed by atoms with Gasteiger partial charge in [-0.2, -0.15) is 0 Å². The summed E-state index contributed by atoms with van der Waals surface area (Å²) in [6, 6.07) is 12.1. The topological polar surface area (TPSA) is 114 Å². The Morgan fingerprint density at radius 3 is 2.41 bits per heavy atom. The third-order valence-corrected chi connectivity index (χ3v) is 6.86. The van der Waals surface area contributed by atoms with Crippen molar-refractivity contribution in [2.45, 2.75) is 63.5 Å². The molecule has 2 amide bonds. The molecule has 0 aromatic heterocycles. The van der Waals surface area contributed by atoms with Gasteiger partial charge < -0.3 is 4.74 Å². The van der Waals surface area contributed by atoms with E-state index in [0.29, 0.717) is 12.2 Å². The second-order valence-corrected chi connectivity index (χ2v) is 9.75. The van der Waals surface area contributed by atoms with Crippen molar-refractivity contribution in [1.29, 1.82) is 0 Å². The van der Waals surface area contributed by atoms with E-state index in [0.717, 1.165) is 29.5 Å². The van der Waals surface area contributed by atoms with Crippen molar-refractivity contribution < 1.29 is 22.7 Å². The molecule has 0 spiro atoms. The number of hydrazine groups is 1. The first-order valence-electron chi connectivity index (χ1n) is 10.6. The number of benzene rings is 2. The summed E-state index contributed by atoms with van der Waals surface area (Å²) >= 11 is 0. The van der Waals surface area contributed by atoms with Gasteiger partial charge in [0.1, 0.15) is 5.75 Å². The van der Waals surface area contributed by atoms with Gasteiger partial charge in [0, 0.05) is 12.5 Å². The molecule has 2 aromatic carbocycles. The van der Waals surface area contributed by atoms with Crippen molar-refractivity contribution in [2.75, 3.05) is 0 Å². The van der Waals surface area contributed by atoms with E-state index >= 15 is 0 Å². The molecule has 172 valence electrons. The molecule has 0 saturated heterocycles. The maximum Gasteiger partial charge on any atom is 0.279 e. The molecule has 9 heteroatoms. The monoisotopic (exact) mass is 459 g/mol. The molecule has 1 unspecified atom stereocenters. The average Bonchev–Trinajstić information content (AvgIpc) is 3.57. The highest BCUT2D eigenvalue weighted by Crippen LogP contribution is 2.23. The van der Waals surface area contributed by atoms with Crippen molar-refractivity contribution in [3.63, 3.8) is 0 Å². The summed E-state index contributed by atoms with van der Waals surface area (Å²) in [6.45, 7) is 5.49. The standard InChI is InChI=1S/C23H29N3O5S/c1-15-5-4-6-21(16(15)2)31-17(3)23(28)25-24-22(27)14-9-18-7-12-20(13-8-18)32(29,30)26-19-10-11-19/h4-8,12-13,17,19,26H,9-11,14H2,1-3H3,(H,24,27)(H,25,28). The fraction of sp³-hybridized carbons (Fsp3) is 0.391. The second kappa shape index (κ2) is 10.1. The highest BCUT2D eigenvalue weighted by atomic mass is 32.2. The molecule has 1 aliphatic carbocycles. The van der Waals surface area contributed by atoms with E-state index in [1.54, 1.807) is 25.1 Å². The second-order valence-electron chi connectivity index (χ2n) is 8.04. The van der Waals surface area contributed by atoms with Crippen LogP contribution in [0.3, 0.4) is 0 Å². The molecule has 0 radical (unpaired) electrons. The lowest BCUT2D eigenvalue weighted by atomic mass is 10.1. The first-order chi connectivity index (χ1) is 15.2. The fourth-order valence-electron chi connectivity index (χ4n) is 2.97. The Morgan fingerprint density at radius 1 is 1.06 bits per heavy atom. The van der Waals surface area contributed by atoms with Gasteiger partial charge in [0.05, 0.1) is 4.90 Å². The zero-order valence-corrected chi connectivity index (χ0v) is 19.3. The zero-order valence-electron chi connectivity index (χ0n) is 18.5. The molecule has 8 nitrogen and oxygen atoms in total. The Morgan fingerprint density at radius 2 is 1.75 bits per heavy atom. The number of hydrogen-bond donors (Lipinski definition) is 3. The van der Waals surface area contributed by atoms with Gasteiger partial charge in [0.15, 0.2) is 6.10 Å². The average molecular weight is 460 g/mol. The van der Waals surface area contributed by atoms with Crippen LogP contribution in [0, 0.1) is 13.8 Å². The summed E-state index contributed by atoms with van der Waals surface area (Å²) < 4.78 is 32.7. The zero-order chi connectivity index (χ0) is 23.3. The largest absolute Gasteiger partial charge is 0.481 e. The molecule has 1 aliphatic rings. The van der Waals surface area contributed by atoms with Gasteiger partial charge in [-0.3, -0.25) is 20.4 Å². The molecule has 1 atom stereocenters. The van der Waals surface area contributed by atoms with Crippen LogP contribution in [0.4, 0.5) is 0 Å². The van der Waals surface area contributed by atoms with Crippen LogP contribution < -0.4 is 20.3 Å². The summed E-state index contributed by atoms with van der Waals surface area (Å²) in [4.78, 5) is 24.5. The molecule has 1 saturated carbocycles. The lowest BCUT2D eigenvalue weighted by molar-refractivity contribution is -0.132. The quantitative estimate of drug-likeness (QED) is 0.498. The van der Waals surface area contributed by atoms with Crippen LogP contribution in [0.25, 0.3) is 0 Å². The molecular formula is C23H29N3O5S. The van der Waals surface area contributed by atoms with Crippen molar-refractivity contribution >= 4 is 21.8 Å². The van der Waals surface area contributed by atoms with Gasteiger partial charge in [-0.05, 0) is 74.9 Å². The lowest BCUT2D eigenvalue weighted by Crippen LogP contribution is -2.47. The fourth-order valence-corrected chi connectivity index (χ4v) is 4.28. The van der Waals surface area contributed by atoms with Gasteiger partial charge in [-0.25, -0.2) is 13.1 Å². The minimum atomic E-state index is -3.49. The number of amides is 2. The van der Waals surface area contributed by atoms with Gasteiger partial charge in [-0.1, -0.05) is 24.3 Å². The highest BCUT2D eigenvalue weighted by molar-refractivity contribution is 7.89. The van der Waals surface area contributed by atoms with Crippen LogP contribution in [0.1, 0.15) is 42.9 Å². The SMILES string of the molecule is Cc1cccc(OC(C)C(=O)NNC(=O)CCc2ccc(S(=O)(=O)NC3CC3)cc2)c1C. The number of ether oxygens (including phenoxy) is 1. The lowest BCUT2D eigenvalue weighted by Gasteiger charge is -2.17. The van der Waals surface area contributed by atoms with Crippen LogP contribution in [0.5, 0.6) is 5.75 Å². The van der Waals surface area contributed by atoms with Crippen LogP contribution >= 0.6 is 0 Å². The number of carbonyl (C=O) groups is 2. The maximum absolute atomic E-state index is 12.2. The Bertz CT molecular complexity index is 1080. The van der Waals surface area contributed by atoms with E-state index in [1.807, 2.05) is 26.0 Å². The molecule has 32 heavy (non-hydrogen) atoms. The molecule has 3 N–H and O–H groups in total. The van der Waals surface area contributed by atoms with Gasteiger partial charge >= 0.3 is 0 Å². The van der Waals surface area contributed by atoms with E-state index in [4.69, 9.17) is 4.74 Å². The number of nitrogens with one attached hydrogen (secondary N) is 3. The van der Waals surface area contributed by atoms with E-state index in [9.17, 15) is 18.0 Å². The molecular weight excluding hydrogens is 430 g/mol. The van der Waals surface area contributed by atoms with Crippen molar-refractivity contribution in [3.8, 4) is 5.75 Å². The van der Waals surface area contributed by atoms with E-state index < -0.39 is 22.0 Å². The Kier molecular flexibility index (Phi) is 7.52. The first kappa shape index (κ1) is 23.7. The van der Waals surface area contributed by atoms with Crippen molar-refractivity contribution in [2.24, 2.45) is 0 Å². The maximum atomic E-state index is 12.2. The summed E-state index contributed by atoms with van der Waals surface area (Å²) in [5.41, 5.74) is 7.60. The Hall–Kier alpha value is -2.91. The normalized spacial score (nSPS) is 14.5. The van der Waals surface area contributed by atoms with Crippen molar-refractivity contribution in [3.05, 3.63) is 59.2 Å². The van der Waals surface area contributed by atoms with Gasteiger partial charge in [0.25, 0.3) is 5.91 Å². The number of hydrogen-bond acceptors (Lipinski definition) is 5. The molecule has 0 aliphatic heterocycles. The Labute approximate surface area is 188 Å². The van der Waals surface area contributed by atoms with Crippen LogP contribution in [-0.4, -0.2) is 32.4 Å². The number of aryl methyl sites for hydroxylation is 2. The van der Waals surface area contributed by atoms with E-state index in [1.165, 1.54) is 12.1 Å². The summed E-state index contributed by atoms with van der Waals surface area (Å²) in [6.07, 6.45) is 1.51. The summed E-state index contributed by atoms with van der Waals surface area (Å²) in [7, 11) is -3.49. The van der Waals surface area contributed by atoms with Gasteiger partial charge in [0.2, 0.25) is 15.9 Å². The number of rotatable bonds is 9. The molecule has 2 aromatic rings. The van der Waals surface area contributed by atoms with Crippen LogP contribution in [-0.2, 0) is 26.0 Å². The predicted octanol–water partition coefficient (Wildman–Crippen LogP) is 2.29. The molecule has 0 bridgehead atoms. The van der Waals surface area contributed by atoms with E-state index in [-0.39, 0.29) is 23.3 Å². The van der Waals surface area contributed by atoms with Gasteiger partial charge in [-0.15, -0.1) is 0 Å². The van der Waals surface area contributed by atoms with Crippen LogP contribution in [0.2, 0.25) is 0 Å². The number of sulfonamides is 1. The van der Waals surface area contributed by atoms with E-state index in [2.05, 4.69) is 15.6 Å². The first-order valence-corrected chi connectivity index (χ1v) is 12.1. The third kappa shape index (κ3) is 6.54. The third-order valence-electron chi connectivity index (χ3n) is 5.33. The number of carbonyl (C=O) groups excluding carboxylic acids is 2. The smallest absolute Gasteiger partial charge is 0.279 e. The van der Waals surface area contributed by atoms with Crippen LogP contribution in [0.15, 0.2) is 47.4 Å². The highest BCUT2D eigenvalue weighted by Gasteiger charge is 2.27. The minimum absolute atomic E-state index is 0.0486. The molecule has 0 heterocycles. The predicted molar refractivity (Wildman–Crippen MR) is 120 cm³/mol. The molecule has 1 fully saturated rings. The minimum Gasteiger partial charge on any atom is -0.481 e. The Balaban J connectivity index is 1.42. The summed E-state index contributed by atoms with van der Waals surface area (Å²) in [5, 5.41) is 0.